The maximum Gasteiger partial charge on any atom is 0.282 e. The summed E-state index contributed by atoms with van der Waals surface area (Å²) in [5.41, 5.74) is 0.777. The second kappa shape index (κ2) is 7.98. The normalized spacial score (nSPS) is 11.0. The number of rotatable bonds is 7. The number of benzene rings is 1. The second-order valence-electron chi connectivity index (χ2n) is 5.26. The van der Waals surface area contributed by atoms with Crippen LogP contribution in [0.2, 0.25) is 0 Å². The maximum absolute atomic E-state index is 13.2. The summed E-state index contributed by atoms with van der Waals surface area (Å²) in [7, 11) is -2.60. The van der Waals surface area contributed by atoms with E-state index in [4.69, 9.17) is 4.74 Å². The van der Waals surface area contributed by atoms with Gasteiger partial charge in [-0.1, -0.05) is 18.2 Å². The van der Waals surface area contributed by atoms with Gasteiger partial charge in [0.15, 0.2) is 5.03 Å². The number of amides is 1. The highest BCUT2D eigenvalue weighted by molar-refractivity contribution is 7.92. The molecule has 0 radical (unpaired) electrons. The van der Waals surface area contributed by atoms with Crippen molar-refractivity contribution >= 4 is 21.6 Å². The van der Waals surface area contributed by atoms with Crippen LogP contribution in [0.15, 0.2) is 47.6 Å². The molecule has 0 aliphatic carbocycles. The molecule has 2 rings (SSSR count). The molecule has 1 aromatic heterocycles. The molecule has 0 fully saturated rings. The van der Waals surface area contributed by atoms with E-state index in [1.807, 2.05) is 0 Å². The number of hydrogen-bond donors (Lipinski definition) is 1. The van der Waals surface area contributed by atoms with Crippen LogP contribution in [0.5, 0.6) is 5.75 Å². The Morgan fingerprint density at radius 3 is 2.60 bits per heavy atom. The molecule has 0 atom stereocenters. The minimum atomic E-state index is -4.05. The van der Waals surface area contributed by atoms with Crippen molar-refractivity contribution in [3.05, 3.63) is 48.2 Å². The Morgan fingerprint density at radius 2 is 1.96 bits per heavy atom. The number of para-hydroxylation sites is 2. The quantitative estimate of drug-likeness (QED) is 0.809. The molecule has 8 heteroatoms. The molecule has 1 amide bonds. The summed E-state index contributed by atoms with van der Waals surface area (Å²) in [5.74, 6) is -0.0606. The van der Waals surface area contributed by atoms with Gasteiger partial charge < -0.3 is 10.1 Å². The van der Waals surface area contributed by atoms with Crippen LogP contribution in [-0.4, -0.2) is 39.5 Å². The third kappa shape index (κ3) is 4.08. The third-order valence-corrected chi connectivity index (χ3v) is 5.33. The van der Waals surface area contributed by atoms with Crippen molar-refractivity contribution in [2.45, 2.75) is 18.9 Å². The number of carbonyl (C=O) groups excluding carboxylic acids is 1. The van der Waals surface area contributed by atoms with Crippen LogP contribution in [0, 0.1) is 6.92 Å². The monoisotopic (exact) mass is 363 g/mol. The number of likely N-dealkylation sites (N-methyl/N-ethyl adjacent to an activating group) is 1. The average molecular weight is 363 g/mol. The van der Waals surface area contributed by atoms with Gasteiger partial charge in [-0.25, -0.2) is 4.98 Å². The van der Waals surface area contributed by atoms with E-state index < -0.39 is 15.9 Å². The molecule has 2 aromatic rings. The summed E-state index contributed by atoms with van der Waals surface area (Å²) >= 11 is 0. The first kappa shape index (κ1) is 18.7. The Labute approximate surface area is 147 Å². The SMILES string of the molecule is CCNC(=O)CN(c1ccccc1OC)S(=O)(=O)c1ncccc1C. The molecule has 0 spiro atoms. The molecule has 0 saturated carbocycles. The molecule has 1 heterocycles. The van der Waals surface area contributed by atoms with Gasteiger partial charge in [-0.3, -0.25) is 9.10 Å². The molecule has 1 aromatic carbocycles. The number of anilines is 1. The predicted molar refractivity (Wildman–Crippen MR) is 95.2 cm³/mol. The summed E-state index contributed by atoms with van der Waals surface area (Å²) in [4.78, 5) is 16.1. The third-order valence-electron chi connectivity index (χ3n) is 3.51. The number of ether oxygens (including phenoxy) is 1. The zero-order valence-corrected chi connectivity index (χ0v) is 15.2. The van der Waals surface area contributed by atoms with E-state index in [0.717, 1.165) is 4.31 Å². The molecule has 0 saturated heterocycles. The fourth-order valence-electron chi connectivity index (χ4n) is 2.36. The van der Waals surface area contributed by atoms with Crippen molar-refractivity contribution < 1.29 is 17.9 Å². The van der Waals surface area contributed by atoms with Gasteiger partial charge in [0.05, 0.1) is 12.8 Å². The molecule has 0 aliphatic heterocycles. The van der Waals surface area contributed by atoms with Gasteiger partial charge in [-0.15, -0.1) is 0 Å². The van der Waals surface area contributed by atoms with E-state index >= 15 is 0 Å². The zero-order valence-electron chi connectivity index (χ0n) is 14.4. The first-order chi connectivity index (χ1) is 11.9. The Kier molecular flexibility index (Phi) is 5.97. The fourth-order valence-corrected chi connectivity index (χ4v) is 3.94. The largest absolute Gasteiger partial charge is 0.495 e. The molecular formula is C17H21N3O4S. The van der Waals surface area contributed by atoms with E-state index in [9.17, 15) is 13.2 Å². The van der Waals surface area contributed by atoms with Gasteiger partial charge in [0, 0.05) is 12.7 Å². The number of aryl methyl sites for hydroxylation is 1. The summed E-state index contributed by atoms with van der Waals surface area (Å²) in [6.07, 6.45) is 1.41. The number of nitrogens with one attached hydrogen (secondary N) is 1. The molecule has 0 aliphatic rings. The van der Waals surface area contributed by atoms with Gasteiger partial charge in [0.25, 0.3) is 10.0 Å². The van der Waals surface area contributed by atoms with E-state index in [0.29, 0.717) is 17.9 Å². The molecular weight excluding hydrogens is 342 g/mol. The van der Waals surface area contributed by atoms with Crippen molar-refractivity contribution in [2.75, 3.05) is 24.5 Å². The Hall–Kier alpha value is -2.61. The minimum absolute atomic E-state index is 0.0924. The number of sulfonamides is 1. The van der Waals surface area contributed by atoms with Crippen LogP contribution in [0.1, 0.15) is 12.5 Å². The van der Waals surface area contributed by atoms with Crippen molar-refractivity contribution in [1.29, 1.82) is 0 Å². The number of aromatic nitrogens is 1. The highest BCUT2D eigenvalue weighted by atomic mass is 32.2. The van der Waals surface area contributed by atoms with Gasteiger partial charge in [-0.05, 0) is 37.6 Å². The molecule has 25 heavy (non-hydrogen) atoms. The van der Waals surface area contributed by atoms with E-state index in [1.54, 1.807) is 50.2 Å². The number of nitrogens with zero attached hydrogens (tertiary/aromatic N) is 2. The van der Waals surface area contributed by atoms with E-state index in [-0.39, 0.29) is 17.3 Å². The zero-order chi connectivity index (χ0) is 18.4. The smallest absolute Gasteiger partial charge is 0.282 e. The van der Waals surface area contributed by atoms with E-state index in [1.165, 1.54) is 13.3 Å². The predicted octanol–water partition coefficient (Wildman–Crippen LogP) is 1.73. The minimum Gasteiger partial charge on any atom is -0.495 e. The number of methoxy groups -OCH3 is 1. The molecule has 0 unspecified atom stereocenters. The highest BCUT2D eigenvalue weighted by Crippen LogP contribution is 2.32. The first-order valence-electron chi connectivity index (χ1n) is 7.76. The summed E-state index contributed by atoms with van der Waals surface area (Å²) in [6, 6.07) is 9.96. The van der Waals surface area contributed by atoms with Crippen LogP contribution in [0.3, 0.4) is 0 Å². The molecule has 134 valence electrons. The lowest BCUT2D eigenvalue weighted by atomic mass is 10.3. The lowest BCUT2D eigenvalue weighted by Crippen LogP contribution is -2.41. The van der Waals surface area contributed by atoms with Crippen molar-refractivity contribution in [2.24, 2.45) is 0 Å². The second-order valence-corrected chi connectivity index (χ2v) is 7.04. The van der Waals surface area contributed by atoms with Gasteiger partial charge in [0.1, 0.15) is 12.3 Å². The summed E-state index contributed by atoms with van der Waals surface area (Å²) in [6.45, 7) is 3.46. The molecule has 0 bridgehead atoms. The van der Waals surface area contributed by atoms with Gasteiger partial charge in [0.2, 0.25) is 5.91 Å². The Balaban J connectivity index is 2.59. The maximum atomic E-state index is 13.2. The standard InChI is InChI=1S/C17H21N3O4S/c1-4-18-16(21)12-20(14-9-5-6-10-15(14)24-3)25(22,23)17-13(2)8-7-11-19-17/h5-11H,4,12H2,1-3H3,(H,18,21). The Morgan fingerprint density at radius 1 is 1.24 bits per heavy atom. The summed E-state index contributed by atoms with van der Waals surface area (Å²) < 4.78 is 32.7. The topological polar surface area (TPSA) is 88.6 Å². The van der Waals surface area contributed by atoms with Crippen LogP contribution in [0.4, 0.5) is 5.69 Å². The van der Waals surface area contributed by atoms with Crippen LogP contribution in [0.25, 0.3) is 0 Å². The lowest BCUT2D eigenvalue weighted by Gasteiger charge is -2.25. The molecule has 7 nitrogen and oxygen atoms in total. The van der Waals surface area contributed by atoms with Crippen LogP contribution in [-0.2, 0) is 14.8 Å². The van der Waals surface area contributed by atoms with Crippen molar-refractivity contribution in [3.8, 4) is 5.75 Å². The Bertz CT molecular complexity index is 852. The van der Waals surface area contributed by atoms with Crippen molar-refractivity contribution in [1.82, 2.24) is 10.3 Å². The average Bonchev–Trinajstić information content (AvgIpc) is 2.60. The number of pyridine rings is 1. The molecule has 1 N–H and O–H groups in total. The van der Waals surface area contributed by atoms with E-state index in [2.05, 4.69) is 10.3 Å². The van der Waals surface area contributed by atoms with Crippen LogP contribution >= 0.6 is 0 Å². The number of hydrogen-bond acceptors (Lipinski definition) is 5. The van der Waals surface area contributed by atoms with Gasteiger partial charge >= 0.3 is 0 Å². The number of carbonyl (C=O) groups is 1. The first-order valence-corrected chi connectivity index (χ1v) is 9.20. The van der Waals surface area contributed by atoms with Gasteiger partial charge in [-0.2, -0.15) is 8.42 Å². The van der Waals surface area contributed by atoms with Crippen molar-refractivity contribution in [3.63, 3.8) is 0 Å². The summed E-state index contributed by atoms with van der Waals surface area (Å²) in [5, 5.41) is 2.52. The van der Waals surface area contributed by atoms with Crippen LogP contribution < -0.4 is 14.4 Å². The highest BCUT2D eigenvalue weighted by Gasteiger charge is 2.31. The fraction of sp³-hybridized carbons (Fsp3) is 0.294. The lowest BCUT2D eigenvalue weighted by molar-refractivity contribution is -0.119.